The molecule has 0 radical (unpaired) electrons. The van der Waals surface area contributed by atoms with Crippen molar-refractivity contribution in [3.8, 4) is 11.8 Å². The number of benzene rings is 2. The minimum Gasteiger partial charge on any atom is -0.382 e. The molecule has 0 bridgehead atoms. The molecule has 32 heavy (non-hydrogen) atoms. The largest absolute Gasteiger partial charge is 0.382 e. The fourth-order valence-electron chi connectivity index (χ4n) is 3.59. The van der Waals surface area contributed by atoms with Gasteiger partial charge in [-0.1, -0.05) is 48.9 Å². The van der Waals surface area contributed by atoms with Gasteiger partial charge in [0.1, 0.15) is 17.5 Å². The minimum atomic E-state index is 0.381. The molecule has 0 aliphatic heterocycles. The van der Waals surface area contributed by atoms with Crippen LogP contribution in [0.1, 0.15) is 41.3 Å². The zero-order valence-electron chi connectivity index (χ0n) is 19.0. The minimum absolute atomic E-state index is 0.381. The first-order chi connectivity index (χ1) is 15.6. The summed E-state index contributed by atoms with van der Waals surface area (Å²) in [5.74, 6) is 1.13. The van der Waals surface area contributed by atoms with Gasteiger partial charge in [0, 0.05) is 20.1 Å². The van der Waals surface area contributed by atoms with Crippen molar-refractivity contribution in [1.82, 2.24) is 20.4 Å². The molecule has 3 rings (SSSR count). The zero-order chi connectivity index (χ0) is 22.9. The van der Waals surface area contributed by atoms with Crippen LogP contribution in [0.25, 0.3) is 5.69 Å². The number of nitrogens with one attached hydrogen (secondary N) is 2. The Kier molecular flexibility index (Phi) is 7.87. The molecule has 166 valence electrons. The molecule has 0 saturated carbocycles. The summed E-state index contributed by atoms with van der Waals surface area (Å²) in [5.41, 5.74) is 12.0. The van der Waals surface area contributed by atoms with E-state index in [1.807, 2.05) is 31.2 Å². The maximum atomic E-state index is 9.58. The van der Waals surface area contributed by atoms with Crippen LogP contribution >= 0.6 is 0 Å². The molecule has 0 aliphatic rings. The highest BCUT2D eigenvalue weighted by Gasteiger charge is 2.16. The van der Waals surface area contributed by atoms with Gasteiger partial charge in [-0.3, -0.25) is 4.99 Å². The van der Waals surface area contributed by atoms with Crippen molar-refractivity contribution < 1.29 is 0 Å². The number of rotatable bonds is 8. The first-order valence-corrected chi connectivity index (χ1v) is 10.9. The Morgan fingerprint density at radius 1 is 1.12 bits per heavy atom. The topological polar surface area (TPSA) is 104 Å². The highest BCUT2D eigenvalue weighted by Crippen LogP contribution is 2.21. The predicted molar refractivity (Wildman–Crippen MR) is 130 cm³/mol. The molecular weight excluding hydrogens is 398 g/mol. The van der Waals surface area contributed by atoms with Crippen LogP contribution in [-0.4, -0.2) is 29.3 Å². The molecule has 3 aromatic rings. The van der Waals surface area contributed by atoms with E-state index in [1.54, 1.807) is 11.7 Å². The van der Waals surface area contributed by atoms with Crippen LogP contribution in [0.3, 0.4) is 0 Å². The molecule has 4 N–H and O–H groups in total. The lowest BCUT2D eigenvalue weighted by Gasteiger charge is -2.13. The zero-order valence-corrected chi connectivity index (χ0v) is 19.0. The average Bonchev–Trinajstić information content (AvgIpc) is 3.14. The van der Waals surface area contributed by atoms with Crippen LogP contribution in [0.4, 0.5) is 5.82 Å². The monoisotopic (exact) mass is 429 g/mol. The number of nitrogens with zero attached hydrogens (tertiary/aromatic N) is 4. The van der Waals surface area contributed by atoms with Gasteiger partial charge in [0.05, 0.1) is 11.4 Å². The van der Waals surface area contributed by atoms with Gasteiger partial charge in [-0.2, -0.15) is 10.4 Å². The fourth-order valence-corrected chi connectivity index (χ4v) is 3.59. The van der Waals surface area contributed by atoms with Crippen molar-refractivity contribution in [3.63, 3.8) is 0 Å². The maximum Gasteiger partial charge on any atom is 0.191 e. The Morgan fingerprint density at radius 3 is 2.50 bits per heavy atom. The summed E-state index contributed by atoms with van der Waals surface area (Å²) in [7, 11) is 1.76. The maximum absolute atomic E-state index is 9.58. The number of nitrogen functional groups attached to an aromatic ring is 1. The Bertz CT molecular complexity index is 1100. The van der Waals surface area contributed by atoms with Crippen LogP contribution in [0.2, 0.25) is 0 Å². The number of aryl methyl sites for hydroxylation is 3. The van der Waals surface area contributed by atoms with Gasteiger partial charge in [-0.05, 0) is 49.4 Å². The highest BCUT2D eigenvalue weighted by molar-refractivity contribution is 5.79. The molecule has 2 aromatic carbocycles. The molecule has 7 nitrogen and oxygen atoms in total. The summed E-state index contributed by atoms with van der Waals surface area (Å²) in [4.78, 5) is 4.30. The Labute approximate surface area is 190 Å². The van der Waals surface area contributed by atoms with Crippen LogP contribution in [0.5, 0.6) is 0 Å². The SMILES string of the molecule is CCc1ccccc1CNC(=NC)NCCCc1nn(-c2ccc(C)cc2)c(N)c1C#N. The Hall–Kier alpha value is -3.79. The van der Waals surface area contributed by atoms with Crippen molar-refractivity contribution in [1.29, 1.82) is 5.26 Å². The number of guanidine groups is 1. The summed E-state index contributed by atoms with van der Waals surface area (Å²) in [6.45, 7) is 5.62. The van der Waals surface area contributed by atoms with E-state index in [0.29, 0.717) is 30.0 Å². The number of aliphatic imine (C=N–C) groups is 1. The lowest BCUT2D eigenvalue weighted by molar-refractivity contribution is 0.721. The van der Waals surface area contributed by atoms with E-state index in [4.69, 9.17) is 5.73 Å². The molecule has 0 unspecified atom stereocenters. The van der Waals surface area contributed by atoms with Crippen molar-refractivity contribution in [2.45, 2.75) is 39.7 Å². The van der Waals surface area contributed by atoms with E-state index in [-0.39, 0.29) is 0 Å². The first kappa shape index (κ1) is 22.9. The summed E-state index contributed by atoms with van der Waals surface area (Å²) in [6.07, 6.45) is 2.45. The van der Waals surface area contributed by atoms with Crippen LogP contribution in [-0.2, 0) is 19.4 Å². The smallest absolute Gasteiger partial charge is 0.191 e. The second-order valence-electron chi connectivity index (χ2n) is 7.64. The molecule has 7 heteroatoms. The van der Waals surface area contributed by atoms with E-state index < -0.39 is 0 Å². The molecular formula is C25H31N7. The van der Waals surface area contributed by atoms with Crippen LogP contribution < -0.4 is 16.4 Å². The van der Waals surface area contributed by atoms with Gasteiger partial charge in [-0.25, -0.2) is 4.68 Å². The lowest BCUT2D eigenvalue weighted by Crippen LogP contribution is -2.37. The van der Waals surface area contributed by atoms with Crippen molar-refractivity contribution in [2.24, 2.45) is 4.99 Å². The molecule has 1 aromatic heterocycles. The molecule has 0 saturated heterocycles. The van der Waals surface area contributed by atoms with E-state index in [1.165, 1.54) is 11.1 Å². The molecule has 0 spiro atoms. The predicted octanol–water partition coefficient (Wildman–Crippen LogP) is 3.49. The first-order valence-electron chi connectivity index (χ1n) is 10.9. The van der Waals surface area contributed by atoms with Gasteiger partial charge >= 0.3 is 0 Å². The molecule has 0 atom stereocenters. The quantitative estimate of drug-likeness (QED) is 0.289. The van der Waals surface area contributed by atoms with Gasteiger partial charge in [0.2, 0.25) is 0 Å². The van der Waals surface area contributed by atoms with E-state index in [2.05, 4.69) is 58.0 Å². The normalized spacial score (nSPS) is 11.2. The number of nitriles is 1. The average molecular weight is 430 g/mol. The van der Waals surface area contributed by atoms with E-state index in [0.717, 1.165) is 36.6 Å². The number of aromatic nitrogens is 2. The van der Waals surface area contributed by atoms with E-state index >= 15 is 0 Å². The summed E-state index contributed by atoms with van der Waals surface area (Å²) in [6, 6.07) is 18.5. The fraction of sp³-hybridized carbons (Fsp3) is 0.320. The van der Waals surface area contributed by atoms with Gasteiger partial charge in [-0.15, -0.1) is 0 Å². The number of anilines is 1. The lowest BCUT2D eigenvalue weighted by atomic mass is 10.1. The van der Waals surface area contributed by atoms with Crippen molar-refractivity contribution in [2.75, 3.05) is 19.3 Å². The number of nitrogens with two attached hydrogens (primary N) is 1. The molecule has 1 heterocycles. The molecule has 0 aliphatic carbocycles. The van der Waals surface area contributed by atoms with Crippen LogP contribution in [0, 0.1) is 18.3 Å². The third-order valence-corrected chi connectivity index (χ3v) is 5.44. The van der Waals surface area contributed by atoms with Crippen LogP contribution in [0.15, 0.2) is 53.5 Å². The summed E-state index contributed by atoms with van der Waals surface area (Å²) < 4.78 is 1.65. The summed E-state index contributed by atoms with van der Waals surface area (Å²) in [5, 5.41) is 20.9. The number of hydrogen-bond acceptors (Lipinski definition) is 4. The highest BCUT2D eigenvalue weighted by atomic mass is 15.3. The second kappa shape index (κ2) is 11.0. The van der Waals surface area contributed by atoms with Gasteiger partial charge in [0.25, 0.3) is 0 Å². The van der Waals surface area contributed by atoms with Crippen molar-refractivity contribution >= 4 is 11.8 Å². The van der Waals surface area contributed by atoms with E-state index in [9.17, 15) is 5.26 Å². The van der Waals surface area contributed by atoms with Gasteiger partial charge < -0.3 is 16.4 Å². The Morgan fingerprint density at radius 2 is 1.84 bits per heavy atom. The number of hydrogen-bond donors (Lipinski definition) is 3. The molecule has 0 fully saturated rings. The Balaban J connectivity index is 1.56. The van der Waals surface area contributed by atoms with Gasteiger partial charge in [0.15, 0.2) is 5.96 Å². The summed E-state index contributed by atoms with van der Waals surface area (Å²) >= 11 is 0. The van der Waals surface area contributed by atoms with Crippen molar-refractivity contribution in [3.05, 3.63) is 76.5 Å². The molecule has 0 amide bonds. The third kappa shape index (κ3) is 5.46. The third-order valence-electron chi connectivity index (χ3n) is 5.44. The standard InChI is InChI=1S/C25H31N7/c1-4-19-8-5-6-9-20(19)17-30-25(28-3)29-15-7-10-23-22(16-26)24(27)32(31-23)21-13-11-18(2)12-14-21/h5-6,8-9,11-14H,4,7,10,15,17,27H2,1-3H3,(H2,28,29,30). The second-order valence-corrected chi connectivity index (χ2v) is 7.64.